The van der Waals surface area contributed by atoms with Crippen LogP contribution in [0.2, 0.25) is 18.1 Å². The van der Waals surface area contributed by atoms with Gasteiger partial charge in [-0.15, -0.1) is 0 Å². The Bertz CT molecular complexity index is 1190. The number of aldehydes is 1. The lowest BCUT2D eigenvalue weighted by Gasteiger charge is -2.56. The summed E-state index contributed by atoms with van der Waals surface area (Å²) in [5, 5.41) is 4.89. The Balaban J connectivity index is 1.54. The number of nitrogens with zero attached hydrogens (tertiary/aromatic N) is 2. The maximum Gasteiger partial charge on any atom is 0.414 e. The van der Waals surface area contributed by atoms with Crippen molar-refractivity contribution >= 4 is 38.6 Å². The highest BCUT2D eigenvalue weighted by Crippen LogP contribution is 2.45. The zero-order valence-electron chi connectivity index (χ0n) is 25.1. The molecule has 1 fully saturated rings. The minimum Gasteiger partial charge on any atom is -0.444 e. The summed E-state index contributed by atoms with van der Waals surface area (Å²) in [5.74, 6) is -0.369. The van der Waals surface area contributed by atoms with Crippen LogP contribution in [0.3, 0.4) is 0 Å². The predicted molar refractivity (Wildman–Crippen MR) is 163 cm³/mol. The Kier molecular flexibility index (Phi) is 11.4. The van der Waals surface area contributed by atoms with E-state index in [1.807, 2.05) is 65.2 Å². The molecule has 11 heteroatoms. The SMILES string of the molecule is CC(C)(C)[Si](C)(C)N1C(=O)[C@@H](CCCCN=C(NC(=O)OCc2ccccc2)NC(=O)OCc2ccccc2)[C@@H]1C=O. The van der Waals surface area contributed by atoms with Gasteiger partial charge in [0.15, 0.2) is 8.24 Å². The third-order valence-corrected chi connectivity index (χ3v) is 13.3. The highest BCUT2D eigenvalue weighted by atomic mass is 28.3. The molecule has 1 aliphatic rings. The molecule has 2 N–H and O–H groups in total. The quantitative estimate of drug-likeness (QED) is 0.0896. The van der Waals surface area contributed by atoms with Crippen molar-refractivity contribution in [1.82, 2.24) is 15.2 Å². The van der Waals surface area contributed by atoms with Gasteiger partial charge < -0.3 is 18.8 Å². The van der Waals surface area contributed by atoms with Crippen LogP contribution in [0.1, 0.15) is 51.2 Å². The van der Waals surface area contributed by atoms with E-state index in [-0.39, 0.29) is 48.6 Å². The van der Waals surface area contributed by atoms with Crippen molar-refractivity contribution < 1.29 is 28.7 Å². The minimum absolute atomic E-state index is 0.0496. The number of carbonyl (C=O) groups is 4. The summed E-state index contributed by atoms with van der Waals surface area (Å²) in [4.78, 5) is 54.1. The van der Waals surface area contributed by atoms with Crippen LogP contribution in [0, 0.1) is 5.92 Å². The van der Waals surface area contributed by atoms with Crippen LogP contribution in [-0.4, -0.2) is 55.7 Å². The molecule has 0 spiro atoms. The number of hydrogen-bond acceptors (Lipinski definition) is 7. The predicted octanol–water partition coefficient (Wildman–Crippen LogP) is 5.40. The van der Waals surface area contributed by atoms with Gasteiger partial charge >= 0.3 is 12.2 Å². The van der Waals surface area contributed by atoms with Crippen LogP contribution in [0.15, 0.2) is 65.7 Å². The zero-order valence-corrected chi connectivity index (χ0v) is 26.1. The molecule has 3 amide bonds. The normalized spacial score (nSPS) is 16.6. The van der Waals surface area contributed by atoms with Crippen molar-refractivity contribution in [2.75, 3.05) is 6.54 Å². The number of β-lactam (4-membered cyclic amide) rings is 1. The highest BCUT2D eigenvalue weighted by molar-refractivity contribution is 6.80. The molecule has 2 atom stereocenters. The zero-order chi connectivity index (χ0) is 30.8. The van der Waals surface area contributed by atoms with Gasteiger partial charge in [-0.05, 0) is 29.0 Å². The molecular formula is C31H42N4O6Si. The molecule has 1 heterocycles. The van der Waals surface area contributed by atoms with Gasteiger partial charge in [0, 0.05) is 6.54 Å². The van der Waals surface area contributed by atoms with Crippen LogP contribution in [0.5, 0.6) is 0 Å². The molecule has 0 aliphatic carbocycles. The third kappa shape index (κ3) is 8.75. The van der Waals surface area contributed by atoms with E-state index in [1.54, 1.807) is 0 Å². The minimum atomic E-state index is -2.14. The standard InChI is InChI=1S/C31H42N4O6Si/c1-31(2,3)42(4,5)35-26(20-36)25(27(35)37)18-12-13-19-32-28(33-29(38)40-21-23-14-8-6-9-15-23)34-30(39)41-22-24-16-10-7-11-17-24/h6-11,14-17,20,25-26H,12-13,18-19,21-22H2,1-5H3,(H2,32,33,34,38,39)/t25-,26-/m0/s1. The van der Waals surface area contributed by atoms with E-state index in [1.165, 1.54) is 0 Å². The number of ether oxygens (including phenoxy) is 2. The molecule has 0 unspecified atom stereocenters. The molecule has 10 nitrogen and oxygen atoms in total. The first kappa shape index (κ1) is 32.5. The fourth-order valence-corrected chi connectivity index (χ4v) is 6.94. The average Bonchev–Trinajstić information content (AvgIpc) is 2.95. The third-order valence-electron chi connectivity index (χ3n) is 7.90. The van der Waals surface area contributed by atoms with Gasteiger partial charge in [0.1, 0.15) is 19.5 Å². The van der Waals surface area contributed by atoms with E-state index in [0.29, 0.717) is 19.3 Å². The first-order chi connectivity index (χ1) is 19.9. The second kappa shape index (κ2) is 14.8. The summed E-state index contributed by atoms with van der Waals surface area (Å²) < 4.78 is 12.3. The van der Waals surface area contributed by atoms with E-state index in [9.17, 15) is 19.2 Å². The topological polar surface area (TPSA) is 126 Å². The maximum atomic E-state index is 13.0. The van der Waals surface area contributed by atoms with Gasteiger partial charge in [-0.25, -0.2) is 9.59 Å². The van der Waals surface area contributed by atoms with Crippen molar-refractivity contribution in [2.24, 2.45) is 10.9 Å². The molecule has 0 aromatic heterocycles. The average molecular weight is 595 g/mol. The number of aliphatic imine (C=N–C) groups is 1. The second-order valence-electron chi connectivity index (χ2n) is 11.8. The molecular weight excluding hydrogens is 552 g/mol. The molecule has 1 aliphatic heterocycles. The summed E-state index contributed by atoms with van der Waals surface area (Å²) in [5.41, 5.74) is 1.63. The van der Waals surface area contributed by atoms with Crippen molar-refractivity contribution in [3.05, 3.63) is 71.8 Å². The molecule has 0 saturated carbocycles. The molecule has 2 aromatic carbocycles. The van der Waals surface area contributed by atoms with Crippen LogP contribution in [0.4, 0.5) is 9.59 Å². The summed E-state index contributed by atoms with van der Waals surface area (Å²) >= 11 is 0. The molecule has 3 rings (SSSR count). The lowest BCUT2D eigenvalue weighted by molar-refractivity contribution is -0.151. The molecule has 42 heavy (non-hydrogen) atoms. The number of guanidine groups is 1. The van der Waals surface area contributed by atoms with Crippen molar-refractivity contribution in [1.29, 1.82) is 0 Å². The molecule has 226 valence electrons. The number of rotatable bonds is 11. The fraction of sp³-hybridized carbons (Fsp3) is 0.452. The summed E-state index contributed by atoms with van der Waals surface area (Å²) in [7, 11) is -2.14. The van der Waals surface area contributed by atoms with Gasteiger partial charge in [-0.1, -0.05) is 101 Å². The monoisotopic (exact) mass is 594 g/mol. The van der Waals surface area contributed by atoms with E-state index in [2.05, 4.69) is 49.5 Å². The second-order valence-corrected chi connectivity index (χ2v) is 16.9. The number of alkyl carbamates (subject to hydrolysis) is 2. The van der Waals surface area contributed by atoms with Gasteiger partial charge in [0.2, 0.25) is 11.9 Å². The first-order valence-electron chi connectivity index (χ1n) is 14.2. The molecule has 0 radical (unpaired) electrons. The molecule has 1 saturated heterocycles. The van der Waals surface area contributed by atoms with Crippen LogP contribution >= 0.6 is 0 Å². The van der Waals surface area contributed by atoms with Crippen LogP contribution in [-0.2, 0) is 32.3 Å². The van der Waals surface area contributed by atoms with E-state index in [4.69, 9.17) is 9.47 Å². The molecule has 0 bridgehead atoms. The van der Waals surface area contributed by atoms with Crippen molar-refractivity contribution in [3.8, 4) is 0 Å². The number of nitrogens with one attached hydrogen (secondary N) is 2. The van der Waals surface area contributed by atoms with E-state index >= 15 is 0 Å². The fourth-order valence-electron chi connectivity index (χ4n) is 4.52. The number of benzene rings is 2. The summed E-state index contributed by atoms with van der Waals surface area (Å²) in [6.45, 7) is 11.0. The Morgan fingerprint density at radius 3 is 1.86 bits per heavy atom. The van der Waals surface area contributed by atoms with Gasteiger partial charge in [0.05, 0.1) is 12.0 Å². The lowest BCUT2D eigenvalue weighted by Crippen LogP contribution is -2.73. The first-order valence-corrected chi connectivity index (χ1v) is 17.2. The van der Waals surface area contributed by atoms with Crippen molar-refractivity contribution in [2.45, 2.75) is 77.4 Å². The molecule has 2 aromatic rings. The van der Waals surface area contributed by atoms with Crippen LogP contribution < -0.4 is 10.6 Å². The van der Waals surface area contributed by atoms with Gasteiger partial charge in [-0.2, -0.15) is 0 Å². The van der Waals surface area contributed by atoms with E-state index in [0.717, 1.165) is 17.4 Å². The number of amides is 3. The number of hydrogen-bond donors (Lipinski definition) is 2. The largest absolute Gasteiger partial charge is 0.444 e. The lowest BCUT2D eigenvalue weighted by atomic mass is 9.86. The Hall–Kier alpha value is -3.99. The maximum absolute atomic E-state index is 13.0. The van der Waals surface area contributed by atoms with Crippen molar-refractivity contribution in [3.63, 3.8) is 0 Å². The number of carbonyl (C=O) groups excluding carboxylic acids is 4. The summed E-state index contributed by atoms with van der Waals surface area (Å²) in [6, 6.07) is 18.0. The highest BCUT2D eigenvalue weighted by Gasteiger charge is 2.56. The van der Waals surface area contributed by atoms with E-state index < -0.39 is 20.4 Å². The van der Waals surface area contributed by atoms with Gasteiger partial charge in [-0.3, -0.25) is 20.4 Å². The van der Waals surface area contributed by atoms with Crippen LogP contribution in [0.25, 0.3) is 0 Å². The Morgan fingerprint density at radius 1 is 0.905 bits per heavy atom. The number of unbranched alkanes of at least 4 members (excludes halogenated alkanes) is 1. The smallest absolute Gasteiger partial charge is 0.414 e. The Labute approximate surface area is 249 Å². The van der Waals surface area contributed by atoms with Gasteiger partial charge in [0.25, 0.3) is 0 Å². The Morgan fingerprint density at radius 2 is 1.40 bits per heavy atom. The summed E-state index contributed by atoms with van der Waals surface area (Å²) in [6.07, 6.45) is 1.15.